The van der Waals surface area contributed by atoms with Gasteiger partial charge >= 0.3 is 44.5 Å². The molecule has 0 aromatic heterocycles. The molecule has 0 amide bonds. The second-order valence-electron chi connectivity index (χ2n) is 0. The van der Waals surface area contributed by atoms with E-state index in [9.17, 15) is 0 Å². The zero-order chi connectivity index (χ0) is 4.00. The van der Waals surface area contributed by atoms with E-state index in [-0.39, 0.29) is 0 Å². The summed E-state index contributed by atoms with van der Waals surface area (Å²) in [7, 11) is 0. The van der Waals surface area contributed by atoms with Gasteiger partial charge in [-0.25, -0.2) is 0 Å². The maximum atomic E-state index is 8.14. The van der Waals surface area contributed by atoms with E-state index in [1.807, 2.05) is 0 Å². The Morgan fingerprint density at radius 3 is 1.25 bits per heavy atom. The van der Waals surface area contributed by atoms with Gasteiger partial charge in [0.2, 0.25) is 0 Å². The first-order valence-electron chi connectivity index (χ1n) is 0.265. The first-order chi connectivity index (χ1) is 2.00. The molecule has 0 aliphatic carbocycles. The summed E-state index contributed by atoms with van der Waals surface area (Å²) in [4.78, 5) is 0. The van der Waals surface area contributed by atoms with Crippen molar-refractivity contribution in [2.45, 2.75) is 0 Å². The number of hydrogen-bond donors (Lipinski definition) is 0. The van der Waals surface area contributed by atoms with Crippen LogP contribution in [-0.2, 0) is 44.5 Å². The molecule has 0 aromatic carbocycles. The minimum absolute atomic E-state index is 1.30. The van der Waals surface area contributed by atoms with Gasteiger partial charge in [0, 0.05) is 0 Å². The van der Waals surface area contributed by atoms with Gasteiger partial charge in [0.1, 0.15) is 0 Å². The molecule has 0 bridgehead atoms. The number of rotatable bonds is 0. The molecule has 4 heavy (non-hydrogen) atoms. The van der Waals surface area contributed by atoms with Crippen LogP contribution in [-0.4, -0.2) is 0 Å². The Morgan fingerprint density at radius 2 is 1.25 bits per heavy atom. The Hall–Kier alpha value is 0.886. The van der Waals surface area contributed by atoms with E-state index in [2.05, 4.69) is 0 Å². The van der Waals surface area contributed by atoms with Gasteiger partial charge in [-0.15, -0.1) is 0 Å². The second-order valence-corrected chi connectivity index (χ2v) is 0. The van der Waals surface area contributed by atoms with E-state index in [1.165, 1.54) is 37.4 Å². The van der Waals surface area contributed by atoms with Crippen LogP contribution in [0.1, 0.15) is 0 Å². The van der Waals surface area contributed by atoms with Crippen LogP contribution < -0.4 is 0 Å². The third kappa shape index (κ3) is 13.1. The average Bonchev–Trinajstić information content (AvgIpc) is 1.50. The molecule has 0 aromatic rings. The van der Waals surface area contributed by atoms with Crippen LogP contribution in [0, 0.1) is 0 Å². The zero-order valence-electron chi connectivity index (χ0n) is 1.47. The molecule has 0 saturated carbocycles. The molecule has 0 aliphatic rings. The van der Waals surface area contributed by atoms with Crippen molar-refractivity contribution >= 4 is 0 Å². The molecule has 0 spiro atoms. The summed E-state index contributed by atoms with van der Waals surface area (Å²) in [5, 5.41) is 0. The Morgan fingerprint density at radius 1 is 1.25 bits per heavy atom. The Labute approximate surface area is 44.6 Å². The summed E-state index contributed by atoms with van der Waals surface area (Å²) in [5.41, 5.74) is 0. The van der Waals surface area contributed by atoms with Gasteiger partial charge in [0.15, 0.2) is 0 Å². The summed E-state index contributed by atoms with van der Waals surface area (Å²) in [5.74, 6) is 0. The van der Waals surface area contributed by atoms with Crippen LogP contribution >= 0.6 is 0 Å². The van der Waals surface area contributed by atoms with Crippen molar-refractivity contribution in [3.05, 3.63) is 0 Å². The maximum absolute atomic E-state index is 8.14. The summed E-state index contributed by atoms with van der Waals surface area (Å²) < 4.78 is 16.2. The van der Waals surface area contributed by atoms with Gasteiger partial charge in [-0.1, -0.05) is 0 Å². The molecule has 0 heterocycles. The molecule has 0 saturated heterocycles. The van der Waals surface area contributed by atoms with Crippen molar-refractivity contribution < 1.29 is 44.5 Å². The van der Waals surface area contributed by atoms with E-state index < -0.39 is 0 Å². The predicted molar refractivity (Wildman–Crippen MR) is 1.37 cm³/mol. The van der Waals surface area contributed by atoms with Crippen molar-refractivity contribution in [2.75, 3.05) is 0 Å². The summed E-state index contributed by atoms with van der Waals surface area (Å²) >= 11 is 2.80. The van der Waals surface area contributed by atoms with Crippen LogP contribution in [0.3, 0.4) is 0 Å². The quantitative estimate of drug-likeness (QED) is 0.548. The zero-order valence-corrected chi connectivity index (χ0v) is 4.66. The fourth-order valence-corrected chi connectivity index (χ4v) is 0. The van der Waals surface area contributed by atoms with Gasteiger partial charge in [-0.2, -0.15) is 0 Å². The van der Waals surface area contributed by atoms with Gasteiger partial charge in [-0.3, -0.25) is 0 Å². The fraction of sp³-hybridized carbons (Fsp3) is 0. The molecule has 0 fully saturated rings. The van der Waals surface area contributed by atoms with Crippen molar-refractivity contribution in [1.82, 2.24) is 0 Å². The Kier molecular flexibility index (Phi) is 91.3. The van der Waals surface area contributed by atoms with Crippen molar-refractivity contribution in [1.29, 1.82) is 0 Å². The van der Waals surface area contributed by atoms with Gasteiger partial charge in [0.25, 0.3) is 0 Å². The van der Waals surface area contributed by atoms with Crippen molar-refractivity contribution in [3.8, 4) is 0 Å². The van der Waals surface area contributed by atoms with Crippen LogP contribution in [0.4, 0.5) is 0 Å². The van der Waals surface area contributed by atoms with Gasteiger partial charge < -0.3 is 0 Å². The van der Waals surface area contributed by atoms with Gasteiger partial charge in [0.05, 0.1) is 0 Å². The average molecular weight is 241 g/mol. The predicted octanol–water partition coefficient (Wildman–Crippen LogP) is -0.243. The minimum atomic E-state index is 1.30. The molecule has 31 valence electrons. The van der Waals surface area contributed by atoms with Crippen molar-refractivity contribution in [2.24, 2.45) is 0 Å². The molecule has 4 heteroatoms. The third-order valence-electron chi connectivity index (χ3n) is 0. The summed E-state index contributed by atoms with van der Waals surface area (Å²) in [6, 6.07) is 0. The van der Waals surface area contributed by atoms with E-state index in [0.29, 0.717) is 0 Å². The molecule has 0 unspecified atom stereocenters. The molecule has 0 atom stereocenters. The Bertz CT molecular complexity index is 8.00. The molecule has 2 nitrogen and oxygen atoms in total. The Balaban J connectivity index is 0. The molecular formula is O2PdRh. The first-order valence-corrected chi connectivity index (χ1v) is 1.57. The van der Waals surface area contributed by atoms with Gasteiger partial charge in [-0.05, 0) is 0 Å². The summed E-state index contributed by atoms with van der Waals surface area (Å²) in [6.07, 6.45) is 0. The van der Waals surface area contributed by atoms with Crippen LogP contribution in [0.25, 0.3) is 0 Å². The van der Waals surface area contributed by atoms with E-state index in [4.69, 9.17) is 7.04 Å². The monoisotopic (exact) mass is 241 g/mol. The standard InChI is InChI=1S/2O.Pd.Rh. The van der Waals surface area contributed by atoms with E-state index in [0.717, 1.165) is 0 Å². The molecule has 0 aliphatic heterocycles. The SMILES string of the molecule is [O]=[Pd].[O]=[Rh]. The molecule has 0 rings (SSSR count). The molecule has 0 radical (unpaired) electrons. The van der Waals surface area contributed by atoms with Crippen LogP contribution in [0.15, 0.2) is 0 Å². The topological polar surface area (TPSA) is 34.1 Å². The number of hydrogen-bond acceptors (Lipinski definition) is 2. The molecule has 0 N–H and O–H groups in total. The van der Waals surface area contributed by atoms with Crippen LogP contribution in [0.5, 0.6) is 0 Å². The van der Waals surface area contributed by atoms with Crippen LogP contribution in [0.2, 0.25) is 0 Å². The third-order valence-corrected chi connectivity index (χ3v) is 0. The first kappa shape index (κ1) is 8.86. The van der Waals surface area contributed by atoms with E-state index >= 15 is 0 Å². The van der Waals surface area contributed by atoms with E-state index in [1.54, 1.807) is 0 Å². The molecular weight excluding hydrogens is 241 g/mol. The second kappa shape index (κ2) is 41.2. The van der Waals surface area contributed by atoms with Crippen molar-refractivity contribution in [3.63, 3.8) is 0 Å². The summed E-state index contributed by atoms with van der Waals surface area (Å²) in [6.45, 7) is 0. The normalized spacial score (nSPS) is 2.75. The fourth-order valence-electron chi connectivity index (χ4n) is 0.